The predicted octanol–water partition coefficient (Wildman–Crippen LogP) is 2.72. The molecular formula is C14H25NO. The number of nitrogens with one attached hydrogen (secondary N) is 1. The van der Waals surface area contributed by atoms with Crippen LogP contribution in [0.5, 0.6) is 0 Å². The van der Waals surface area contributed by atoms with Crippen molar-refractivity contribution in [2.45, 2.75) is 70.6 Å². The van der Waals surface area contributed by atoms with E-state index >= 15 is 0 Å². The van der Waals surface area contributed by atoms with Crippen molar-refractivity contribution in [2.75, 3.05) is 6.61 Å². The molecule has 0 bridgehead atoms. The molecule has 3 saturated carbocycles. The highest BCUT2D eigenvalue weighted by Crippen LogP contribution is 2.58. The molecule has 0 aromatic rings. The average molecular weight is 223 g/mol. The number of rotatable bonds is 5. The van der Waals surface area contributed by atoms with Crippen LogP contribution < -0.4 is 5.32 Å². The van der Waals surface area contributed by atoms with Crippen molar-refractivity contribution >= 4 is 0 Å². The van der Waals surface area contributed by atoms with Crippen LogP contribution in [0, 0.1) is 11.3 Å². The van der Waals surface area contributed by atoms with Gasteiger partial charge in [0.05, 0.1) is 6.10 Å². The first kappa shape index (κ1) is 11.0. The van der Waals surface area contributed by atoms with Crippen molar-refractivity contribution in [2.24, 2.45) is 11.3 Å². The zero-order valence-electron chi connectivity index (χ0n) is 10.7. The van der Waals surface area contributed by atoms with Crippen LogP contribution in [-0.2, 0) is 4.74 Å². The highest BCUT2D eigenvalue weighted by atomic mass is 16.5. The quantitative estimate of drug-likeness (QED) is 0.774. The van der Waals surface area contributed by atoms with Crippen LogP contribution in [0.2, 0.25) is 0 Å². The molecule has 4 unspecified atom stereocenters. The summed E-state index contributed by atoms with van der Waals surface area (Å²) in [6, 6.07) is 1.62. The Hall–Kier alpha value is -0.0800. The van der Waals surface area contributed by atoms with Gasteiger partial charge in [-0.3, -0.25) is 0 Å². The molecule has 3 fully saturated rings. The van der Waals surface area contributed by atoms with Crippen molar-refractivity contribution in [3.05, 3.63) is 0 Å². The molecule has 0 aromatic heterocycles. The third-order valence-electron chi connectivity index (χ3n) is 5.30. The van der Waals surface area contributed by atoms with Crippen molar-refractivity contribution in [1.29, 1.82) is 0 Å². The maximum Gasteiger partial charge on any atom is 0.0661 e. The minimum Gasteiger partial charge on any atom is -0.378 e. The zero-order valence-corrected chi connectivity index (χ0v) is 10.7. The van der Waals surface area contributed by atoms with E-state index in [0.717, 1.165) is 24.6 Å². The van der Waals surface area contributed by atoms with Crippen LogP contribution in [-0.4, -0.2) is 24.8 Å². The summed E-state index contributed by atoms with van der Waals surface area (Å²) < 4.78 is 5.88. The largest absolute Gasteiger partial charge is 0.378 e. The summed E-state index contributed by atoms with van der Waals surface area (Å²) in [5.41, 5.74) is 0.552. The molecule has 0 saturated heterocycles. The second kappa shape index (κ2) is 3.99. The fourth-order valence-corrected chi connectivity index (χ4v) is 3.83. The van der Waals surface area contributed by atoms with Crippen molar-refractivity contribution in [1.82, 2.24) is 5.32 Å². The Morgan fingerprint density at radius 2 is 2.06 bits per heavy atom. The molecule has 0 aromatic carbocycles. The standard InChI is InChI=1S/C14H25NO/c1-3-10-8-11(10)15-12-9-13(16-4-2)14(12)6-5-7-14/h10-13,15H,3-9H2,1-2H3. The van der Waals surface area contributed by atoms with Crippen LogP contribution in [0.1, 0.15) is 52.4 Å². The minimum absolute atomic E-state index is 0.552. The maximum atomic E-state index is 5.88. The maximum absolute atomic E-state index is 5.88. The van der Waals surface area contributed by atoms with Crippen LogP contribution >= 0.6 is 0 Å². The van der Waals surface area contributed by atoms with E-state index in [0.29, 0.717) is 11.5 Å². The van der Waals surface area contributed by atoms with Gasteiger partial charge in [0.25, 0.3) is 0 Å². The summed E-state index contributed by atoms with van der Waals surface area (Å²) in [5, 5.41) is 3.89. The van der Waals surface area contributed by atoms with Crippen LogP contribution in [0.15, 0.2) is 0 Å². The lowest BCUT2D eigenvalue weighted by Crippen LogP contribution is -2.67. The van der Waals surface area contributed by atoms with E-state index in [4.69, 9.17) is 4.74 Å². The lowest BCUT2D eigenvalue weighted by Gasteiger charge is -2.61. The van der Waals surface area contributed by atoms with E-state index in [1.165, 1.54) is 38.5 Å². The number of ether oxygens (including phenoxy) is 1. The van der Waals surface area contributed by atoms with E-state index in [1.807, 2.05) is 0 Å². The summed E-state index contributed by atoms with van der Waals surface area (Å²) in [6.45, 7) is 5.33. The normalized spacial score (nSPS) is 43.9. The van der Waals surface area contributed by atoms with E-state index in [9.17, 15) is 0 Å². The highest BCUT2D eigenvalue weighted by Gasteiger charge is 2.59. The van der Waals surface area contributed by atoms with Gasteiger partial charge in [-0.15, -0.1) is 0 Å². The average Bonchev–Trinajstić information content (AvgIpc) is 2.92. The van der Waals surface area contributed by atoms with Crippen molar-refractivity contribution in [3.63, 3.8) is 0 Å². The van der Waals surface area contributed by atoms with Gasteiger partial charge in [0.1, 0.15) is 0 Å². The Kier molecular flexibility index (Phi) is 2.75. The highest BCUT2D eigenvalue weighted by molar-refractivity contribution is 5.14. The Labute approximate surface area is 99.1 Å². The molecule has 4 atom stereocenters. The second-order valence-electron chi connectivity index (χ2n) is 6.00. The van der Waals surface area contributed by atoms with Crippen LogP contribution in [0.3, 0.4) is 0 Å². The van der Waals surface area contributed by atoms with Crippen molar-refractivity contribution < 1.29 is 4.74 Å². The summed E-state index contributed by atoms with van der Waals surface area (Å²) >= 11 is 0. The van der Waals surface area contributed by atoms with Crippen molar-refractivity contribution in [3.8, 4) is 0 Å². The Balaban J connectivity index is 1.53. The van der Waals surface area contributed by atoms with E-state index in [2.05, 4.69) is 19.2 Å². The Bertz CT molecular complexity index is 261. The van der Waals surface area contributed by atoms with Gasteiger partial charge in [0.15, 0.2) is 0 Å². The molecule has 92 valence electrons. The summed E-state index contributed by atoms with van der Waals surface area (Å²) in [4.78, 5) is 0. The van der Waals surface area contributed by atoms with E-state index in [1.54, 1.807) is 0 Å². The first-order chi connectivity index (χ1) is 7.80. The molecule has 0 radical (unpaired) electrons. The number of hydrogen-bond acceptors (Lipinski definition) is 2. The minimum atomic E-state index is 0.552. The fraction of sp³-hybridized carbons (Fsp3) is 1.00. The van der Waals surface area contributed by atoms with Gasteiger partial charge >= 0.3 is 0 Å². The zero-order chi connectivity index (χ0) is 11.2. The molecule has 1 spiro atoms. The molecule has 0 aliphatic heterocycles. The first-order valence-electron chi connectivity index (χ1n) is 7.17. The SMILES string of the molecule is CCOC1CC(NC2CC2CC)C12CCC2. The molecule has 1 N–H and O–H groups in total. The molecule has 16 heavy (non-hydrogen) atoms. The summed E-state index contributed by atoms with van der Waals surface area (Å²) in [5.74, 6) is 0.975. The fourth-order valence-electron chi connectivity index (χ4n) is 3.83. The van der Waals surface area contributed by atoms with Gasteiger partial charge in [-0.1, -0.05) is 19.8 Å². The molecule has 2 heteroatoms. The number of hydrogen-bond donors (Lipinski definition) is 1. The molecule has 2 nitrogen and oxygen atoms in total. The third kappa shape index (κ3) is 1.53. The van der Waals surface area contributed by atoms with Gasteiger partial charge < -0.3 is 10.1 Å². The summed E-state index contributed by atoms with van der Waals surface area (Å²) in [6.07, 6.45) is 8.83. The molecule has 3 aliphatic rings. The first-order valence-corrected chi connectivity index (χ1v) is 7.17. The smallest absolute Gasteiger partial charge is 0.0661 e. The lowest BCUT2D eigenvalue weighted by atomic mass is 9.51. The molecule has 0 heterocycles. The van der Waals surface area contributed by atoms with E-state index < -0.39 is 0 Å². The Morgan fingerprint density at radius 1 is 1.25 bits per heavy atom. The van der Waals surface area contributed by atoms with Gasteiger partial charge in [-0.05, 0) is 38.5 Å². The van der Waals surface area contributed by atoms with Crippen LogP contribution in [0.25, 0.3) is 0 Å². The molecular weight excluding hydrogens is 198 g/mol. The Morgan fingerprint density at radius 3 is 2.56 bits per heavy atom. The predicted molar refractivity (Wildman–Crippen MR) is 65.4 cm³/mol. The van der Waals surface area contributed by atoms with Crippen LogP contribution in [0.4, 0.5) is 0 Å². The van der Waals surface area contributed by atoms with E-state index in [-0.39, 0.29) is 0 Å². The summed E-state index contributed by atoms with van der Waals surface area (Å²) in [7, 11) is 0. The topological polar surface area (TPSA) is 21.3 Å². The van der Waals surface area contributed by atoms with Gasteiger partial charge in [0, 0.05) is 24.1 Å². The monoisotopic (exact) mass is 223 g/mol. The second-order valence-corrected chi connectivity index (χ2v) is 6.00. The van der Waals surface area contributed by atoms with Gasteiger partial charge in [-0.2, -0.15) is 0 Å². The molecule has 3 aliphatic carbocycles. The van der Waals surface area contributed by atoms with Gasteiger partial charge in [0.2, 0.25) is 0 Å². The third-order valence-corrected chi connectivity index (χ3v) is 5.30. The van der Waals surface area contributed by atoms with Gasteiger partial charge in [-0.25, -0.2) is 0 Å². The molecule has 3 rings (SSSR count). The lowest BCUT2D eigenvalue weighted by molar-refractivity contribution is -0.173. The molecule has 0 amide bonds.